The van der Waals surface area contributed by atoms with Crippen LogP contribution >= 0.6 is 0 Å². The Hall–Kier alpha value is -2.72. The molecule has 29 heavy (non-hydrogen) atoms. The summed E-state index contributed by atoms with van der Waals surface area (Å²) in [5.41, 5.74) is 0.591. The maximum Gasteiger partial charge on any atom is 0.341 e. The number of halogens is 2. The molecule has 158 valence electrons. The molecule has 0 heterocycles. The van der Waals surface area contributed by atoms with Gasteiger partial charge in [-0.05, 0) is 25.2 Å². The van der Waals surface area contributed by atoms with Crippen molar-refractivity contribution in [1.29, 1.82) is 0 Å². The number of carbonyl (C=O) groups excluding carboxylic acids is 1. The van der Waals surface area contributed by atoms with Crippen molar-refractivity contribution < 1.29 is 31.5 Å². The third-order valence-corrected chi connectivity index (χ3v) is 5.48. The number of alkyl halides is 2. The van der Waals surface area contributed by atoms with Gasteiger partial charge in [-0.2, -0.15) is 8.78 Å². The minimum Gasteiger partial charge on any atom is -0.493 e. The van der Waals surface area contributed by atoms with Crippen LogP contribution in [0.1, 0.15) is 5.56 Å². The van der Waals surface area contributed by atoms with Crippen molar-refractivity contribution in [1.82, 2.24) is 4.90 Å². The first-order valence-corrected chi connectivity index (χ1v) is 10.0. The first kappa shape index (κ1) is 22.6. The molecule has 2 aromatic carbocycles. The standard InChI is InChI=1S/C19H22F2N2O5S/c1-23(11-13-7-6-9-15(27-2)18(13)28-3)12-17(24)22-14-8-4-5-10-16(14)29(25,26)19(20)21/h4-10,19H,11-12H2,1-3H3,(H,22,24). The Balaban J connectivity index is 2.11. The smallest absolute Gasteiger partial charge is 0.341 e. The molecule has 0 aliphatic rings. The van der Waals surface area contributed by atoms with Crippen LogP contribution in [0.15, 0.2) is 47.4 Å². The highest BCUT2D eigenvalue weighted by Crippen LogP contribution is 2.31. The van der Waals surface area contributed by atoms with Crippen LogP contribution in [0.3, 0.4) is 0 Å². The number of likely N-dealkylation sites (N-methyl/N-ethyl adjacent to an activating group) is 1. The molecule has 2 aromatic rings. The first-order chi connectivity index (χ1) is 13.7. The molecule has 0 aliphatic heterocycles. The summed E-state index contributed by atoms with van der Waals surface area (Å²) in [6.07, 6.45) is 0. The molecule has 1 amide bonds. The minimum atomic E-state index is -4.84. The monoisotopic (exact) mass is 428 g/mol. The molecule has 0 radical (unpaired) electrons. The summed E-state index contributed by atoms with van der Waals surface area (Å²) in [6, 6.07) is 10.4. The van der Waals surface area contributed by atoms with Gasteiger partial charge in [0, 0.05) is 12.1 Å². The molecule has 1 N–H and O–H groups in total. The fourth-order valence-corrected chi connectivity index (χ4v) is 3.66. The van der Waals surface area contributed by atoms with E-state index in [1.807, 2.05) is 6.07 Å². The number of hydrogen-bond acceptors (Lipinski definition) is 6. The number of ether oxygens (including phenoxy) is 2. The predicted octanol–water partition coefficient (Wildman–Crippen LogP) is 2.77. The van der Waals surface area contributed by atoms with Crippen molar-refractivity contribution in [2.45, 2.75) is 17.2 Å². The highest BCUT2D eigenvalue weighted by atomic mass is 32.2. The zero-order chi connectivity index (χ0) is 21.6. The molecular weight excluding hydrogens is 406 g/mol. The topological polar surface area (TPSA) is 84.9 Å². The molecule has 7 nitrogen and oxygen atoms in total. The van der Waals surface area contributed by atoms with E-state index in [9.17, 15) is 22.0 Å². The quantitative estimate of drug-likeness (QED) is 0.661. The van der Waals surface area contributed by atoms with Crippen LogP contribution < -0.4 is 14.8 Å². The Morgan fingerprint density at radius 2 is 1.79 bits per heavy atom. The fourth-order valence-electron chi connectivity index (χ4n) is 2.77. The van der Waals surface area contributed by atoms with Gasteiger partial charge in [0.25, 0.3) is 0 Å². The van der Waals surface area contributed by atoms with Gasteiger partial charge in [0.05, 0.1) is 31.3 Å². The number of benzene rings is 2. The van der Waals surface area contributed by atoms with Crippen LogP contribution in [0.5, 0.6) is 11.5 Å². The van der Waals surface area contributed by atoms with Crippen molar-refractivity contribution in [3.8, 4) is 11.5 Å². The number of methoxy groups -OCH3 is 2. The number of nitrogens with zero attached hydrogens (tertiary/aromatic N) is 1. The molecule has 0 atom stereocenters. The lowest BCUT2D eigenvalue weighted by molar-refractivity contribution is -0.117. The van der Waals surface area contributed by atoms with E-state index >= 15 is 0 Å². The lowest BCUT2D eigenvalue weighted by Crippen LogP contribution is -2.30. The summed E-state index contributed by atoms with van der Waals surface area (Å²) in [4.78, 5) is 13.4. The molecular formula is C19H22F2N2O5S. The largest absolute Gasteiger partial charge is 0.493 e. The number of anilines is 1. The summed E-state index contributed by atoms with van der Waals surface area (Å²) in [6.45, 7) is 0.230. The average Bonchev–Trinajstić information content (AvgIpc) is 2.67. The number of nitrogens with one attached hydrogen (secondary N) is 1. The Labute approximate surface area is 168 Å². The highest BCUT2D eigenvalue weighted by Gasteiger charge is 2.29. The van der Waals surface area contributed by atoms with Crippen LogP contribution in [0, 0.1) is 0 Å². The van der Waals surface area contributed by atoms with E-state index < -0.39 is 26.4 Å². The lowest BCUT2D eigenvalue weighted by Gasteiger charge is -2.19. The lowest BCUT2D eigenvalue weighted by atomic mass is 10.1. The molecule has 10 heteroatoms. The van der Waals surface area contributed by atoms with E-state index in [1.165, 1.54) is 32.4 Å². The van der Waals surface area contributed by atoms with E-state index in [0.29, 0.717) is 18.0 Å². The maximum absolute atomic E-state index is 12.9. The number of carbonyl (C=O) groups is 1. The van der Waals surface area contributed by atoms with Gasteiger partial charge in [-0.15, -0.1) is 0 Å². The third kappa shape index (κ3) is 5.42. The zero-order valence-corrected chi connectivity index (χ0v) is 17.0. The number of para-hydroxylation sites is 2. The molecule has 0 aliphatic carbocycles. The van der Waals surface area contributed by atoms with E-state index in [1.54, 1.807) is 24.1 Å². The molecule has 0 spiro atoms. The Kier molecular flexibility index (Phi) is 7.52. The van der Waals surface area contributed by atoms with Crippen molar-refractivity contribution in [2.24, 2.45) is 0 Å². The van der Waals surface area contributed by atoms with Gasteiger partial charge >= 0.3 is 5.76 Å². The Morgan fingerprint density at radius 3 is 2.41 bits per heavy atom. The fraction of sp³-hybridized carbons (Fsp3) is 0.316. The van der Waals surface area contributed by atoms with Gasteiger partial charge in [0.2, 0.25) is 15.7 Å². The van der Waals surface area contributed by atoms with Gasteiger partial charge in [0.15, 0.2) is 11.5 Å². The van der Waals surface area contributed by atoms with Crippen LogP contribution in [0.4, 0.5) is 14.5 Å². The van der Waals surface area contributed by atoms with Gasteiger partial charge in [-0.1, -0.05) is 24.3 Å². The second-order valence-electron chi connectivity index (χ2n) is 6.17. The average molecular weight is 428 g/mol. The molecule has 0 fully saturated rings. The van der Waals surface area contributed by atoms with Gasteiger partial charge < -0.3 is 14.8 Å². The van der Waals surface area contributed by atoms with Crippen molar-refractivity contribution in [3.63, 3.8) is 0 Å². The normalized spacial score (nSPS) is 11.6. The van der Waals surface area contributed by atoms with Gasteiger partial charge in [-0.3, -0.25) is 9.69 Å². The predicted molar refractivity (Wildman–Crippen MR) is 104 cm³/mol. The summed E-state index contributed by atoms with van der Waals surface area (Å²) in [5, 5.41) is 2.39. The molecule has 0 bridgehead atoms. The van der Waals surface area contributed by atoms with E-state index in [-0.39, 0.29) is 12.2 Å². The SMILES string of the molecule is COc1cccc(CN(C)CC(=O)Nc2ccccc2S(=O)(=O)C(F)F)c1OC. The number of amides is 1. The number of sulfone groups is 1. The minimum absolute atomic E-state index is 0.108. The van der Waals surface area contributed by atoms with E-state index in [0.717, 1.165) is 11.6 Å². The second kappa shape index (κ2) is 9.66. The molecule has 0 saturated heterocycles. The third-order valence-electron chi connectivity index (χ3n) is 4.04. The molecule has 2 rings (SSSR count). The number of hydrogen-bond donors (Lipinski definition) is 1. The van der Waals surface area contributed by atoms with Crippen LogP contribution in [-0.4, -0.2) is 52.8 Å². The number of rotatable bonds is 9. The van der Waals surface area contributed by atoms with Crippen molar-refractivity contribution >= 4 is 21.4 Å². The summed E-state index contributed by atoms with van der Waals surface area (Å²) >= 11 is 0. The Bertz CT molecular complexity index is 967. The summed E-state index contributed by atoms with van der Waals surface area (Å²) in [7, 11) is -0.132. The maximum atomic E-state index is 12.9. The van der Waals surface area contributed by atoms with Gasteiger partial charge in [0.1, 0.15) is 0 Å². The van der Waals surface area contributed by atoms with Crippen LogP contribution in [-0.2, 0) is 21.2 Å². The second-order valence-corrected chi connectivity index (χ2v) is 8.06. The van der Waals surface area contributed by atoms with E-state index in [4.69, 9.17) is 9.47 Å². The first-order valence-electron chi connectivity index (χ1n) is 8.50. The van der Waals surface area contributed by atoms with E-state index in [2.05, 4.69) is 5.32 Å². The zero-order valence-electron chi connectivity index (χ0n) is 16.2. The van der Waals surface area contributed by atoms with Crippen molar-refractivity contribution in [3.05, 3.63) is 48.0 Å². The van der Waals surface area contributed by atoms with Crippen LogP contribution in [0.2, 0.25) is 0 Å². The van der Waals surface area contributed by atoms with Crippen molar-refractivity contribution in [2.75, 3.05) is 33.1 Å². The molecule has 0 saturated carbocycles. The summed E-state index contributed by atoms with van der Waals surface area (Å²) in [5.74, 6) is -3.04. The molecule has 0 unspecified atom stereocenters. The molecule has 0 aromatic heterocycles. The Morgan fingerprint density at radius 1 is 1.10 bits per heavy atom. The summed E-state index contributed by atoms with van der Waals surface area (Å²) < 4.78 is 59.9. The highest BCUT2D eigenvalue weighted by molar-refractivity contribution is 7.91. The van der Waals surface area contributed by atoms with Gasteiger partial charge in [-0.25, -0.2) is 8.42 Å². The van der Waals surface area contributed by atoms with Crippen LogP contribution in [0.25, 0.3) is 0 Å².